The zero-order valence-corrected chi connectivity index (χ0v) is 15.2. The summed E-state index contributed by atoms with van der Waals surface area (Å²) in [6.45, 7) is 1.02. The molecule has 0 amide bonds. The fraction of sp³-hybridized carbons (Fsp3) is 0.250. The van der Waals surface area contributed by atoms with Gasteiger partial charge in [0.15, 0.2) is 5.96 Å². The van der Waals surface area contributed by atoms with E-state index in [9.17, 15) is 4.39 Å². The maximum atomic E-state index is 13.9. The Hall–Kier alpha value is -1.91. The molecule has 7 heteroatoms. The van der Waals surface area contributed by atoms with Crippen LogP contribution < -0.4 is 5.32 Å². The minimum absolute atomic E-state index is 0.308. The number of hydrogen-bond donors (Lipinski definition) is 1. The molecule has 23 heavy (non-hydrogen) atoms. The van der Waals surface area contributed by atoms with Crippen molar-refractivity contribution in [2.45, 2.75) is 13.1 Å². The Morgan fingerprint density at radius 2 is 2.22 bits per heavy atom. The van der Waals surface area contributed by atoms with Gasteiger partial charge in [0.1, 0.15) is 5.82 Å². The summed E-state index contributed by atoms with van der Waals surface area (Å²) < 4.78 is 15.0. The zero-order chi connectivity index (χ0) is 16.8. The largest absolute Gasteiger partial charge is 0.352 e. The van der Waals surface area contributed by atoms with E-state index in [2.05, 4.69) is 32.3 Å². The highest BCUT2D eigenvalue weighted by Crippen LogP contribution is 2.23. The molecule has 2 rings (SSSR count). The van der Waals surface area contributed by atoms with Crippen LogP contribution >= 0.6 is 27.3 Å². The van der Waals surface area contributed by atoms with Crippen LogP contribution in [0.25, 0.3) is 0 Å². The lowest BCUT2D eigenvalue weighted by molar-refractivity contribution is 0.479. The molecule has 0 aliphatic heterocycles. The molecule has 0 spiro atoms. The number of halogens is 2. The Kier molecular flexibility index (Phi) is 6.13. The summed E-state index contributed by atoms with van der Waals surface area (Å²) in [5, 5.41) is 11.9. The van der Waals surface area contributed by atoms with Gasteiger partial charge < -0.3 is 10.2 Å². The number of rotatable bonds is 4. The van der Waals surface area contributed by atoms with Gasteiger partial charge in [-0.25, -0.2) is 4.39 Å². The molecule has 0 fully saturated rings. The molecule has 0 aliphatic rings. The quantitative estimate of drug-likeness (QED) is 0.634. The summed E-state index contributed by atoms with van der Waals surface area (Å²) >= 11 is 5.11. The number of benzene rings is 1. The monoisotopic (exact) mass is 394 g/mol. The number of guanidine groups is 1. The number of nitrogens with one attached hydrogen (secondary N) is 1. The van der Waals surface area contributed by atoms with Crippen LogP contribution in [0.4, 0.5) is 4.39 Å². The number of nitriles is 1. The first-order valence-corrected chi connectivity index (χ1v) is 8.49. The highest BCUT2D eigenvalue weighted by molar-refractivity contribution is 9.11. The third-order valence-corrected chi connectivity index (χ3v) is 4.82. The van der Waals surface area contributed by atoms with Crippen LogP contribution in [0.1, 0.15) is 16.0 Å². The van der Waals surface area contributed by atoms with E-state index in [0.717, 1.165) is 3.79 Å². The van der Waals surface area contributed by atoms with E-state index < -0.39 is 5.82 Å². The summed E-state index contributed by atoms with van der Waals surface area (Å²) in [6.07, 6.45) is 0. The Bertz CT molecular complexity index is 751. The van der Waals surface area contributed by atoms with Gasteiger partial charge >= 0.3 is 0 Å². The van der Waals surface area contributed by atoms with Crippen molar-refractivity contribution < 1.29 is 4.39 Å². The van der Waals surface area contributed by atoms with Crippen LogP contribution in [0.2, 0.25) is 0 Å². The van der Waals surface area contributed by atoms with E-state index in [1.807, 2.05) is 24.1 Å². The lowest BCUT2D eigenvalue weighted by Gasteiger charge is -2.21. The zero-order valence-electron chi connectivity index (χ0n) is 12.8. The minimum Gasteiger partial charge on any atom is -0.352 e. The van der Waals surface area contributed by atoms with Crippen LogP contribution in [0, 0.1) is 17.1 Å². The maximum absolute atomic E-state index is 13.9. The van der Waals surface area contributed by atoms with Crippen LogP contribution in [-0.4, -0.2) is 25.0 Å². The lowest BCUT2D eigenvalue weighted by Crippen LogP contribution is -2.38. The second kappa shape index (κ2) is 8.09. The van der Waals surface area contributed by atoms with Crippen molar-refractivity contribution in [1.29, 1.82) is 5.26 Å². The molecule has 1 N–H and O–H groups in total. The molecule has 4 nitrogen and oxygen atoms in total. The Labute approximate surface area is 147 Å². The summed E-state index contributed by atoms with van der Waals surface area (Å²) in [4.78, 5) is 7.39. The molecule has 0 aliphatic carbocycles. The van der Waals surface area contributed by atoms with E-state index in [0.29, 0.717) is 30.2 Å². The Morgan fingerprint density at radius 1 is 1.43 bits per heavy atom. The fourth-order valence-electron chi connectivity index (χ4n) is 2.06. The van der Waals surface area contributed by atoms with Gasteiger partial charge in [-0.2, -0.15) is 5.26 Å². The molecule has 1 aromatic heterocycles. The smallest absolute Gasteiger partial charge is 0.193 e. The summed E-state index contributed by atoms with van der Waals surface area (Å²) in [6, 6.07) is 10.5. The second-order valence-electron chi connectivity index (χ2n) is 4.88. The minimum atomic E-state index is -0.392. The van der Waals surface area contributed by atoms with Crippen LogP contribution in [0.5, 0.6) is 0 Å². The van der Waals surface area contributed by atoms with Crippen molar-refractivity contribution in [3.63, 3.8) is 0 Å². The van der Waals surface area contributed by atoms with Gasteiger partial charge in [0, 0.05) is 31.1 Å². The number of hydrogen-bond acceptors (Lipinski definition) is 3. The Morgan fingerprint density at radius 3 is 2.78 bits per heavy atom. The third-order valence-electron chi connectivity index (χ3n) is 3.21. The normalized spacial score (nSPS) is 11.2. The lowest BCUT2D eigenvalue weighted by atomic mass is 10.1. The number of aliphatic imine (C=N–C) groups is 1. The first kappa shape index (κ1) is 17.4. The summed E-state index contributed by atoms with van der Waals surface area (Å²) in [5.74, 6) is 0.287. The van der Waals surface area contributed by atoms with E-state index in [1.165, 1.54) is 10.9 Å². The second-order valence-corrected chi connectivity index (χ2v) is 7.43. The van der Waals surface area contributed by atoms with Gasteiger partial charge in [-0.05, 0) is 40.2 Å². The van der Waals surface area contributed by atoms with E-state index in [4.69, 9.17) is 5.26 Å². The number of thiophene rings is 1. The SMILES string of the molecule is CN=C(NCc1ccc(C#N)cc1F)N(C)Cc1ccc(Br)s1. The van der Waals surface area contributed by atoms with Crippen molar-refractivity contribution >= 4 is 33.2 Å². The molecule has 120 valence electrons. The van der Waals surface area contributed by atoms with Crippen molar-refractivity contribution in [1.82, 2.24) is 10.2 Å². The first-order valence-electron chi connectivity index (χ1n) is 6.88. The summed E-state index contributed by atoms with van der Waals surface area (Å²) in [5.41, 5.74) is 0.813. The van der Waals surface area contributed by atoms with Crippen LogP contribution in [-0.2, 0) is 13.1 Å². The average Bonchev–Trinajstić information content (AvgIpc) is 2.94. The standard InChI is InChI=1S/C16H16BrFN4S/c1-20-16(22(2)10-13-5-6-15(17)23-13)21-9-12-4-3-11(8-19)7-14(12)18/h3-7H,9-10H2,1-2H3,(H,20,21). The molecular formula is C16H16BrFN4S. The van der Waals surface area contributed by atoms with E-state index in [-0.39, 0.29) is 0 Å². The fourth-order valence-corrected chi connectivity index (χ4v) is 3.60. The van der Waals surface area contributed by atoms with Crippen molar-refractivity contribution in [2.75, 3.05) is 14.1 Å². The van der Waals surface area contributed by atoms with Gasteiger partial charge in [0.05, 0.1) is 22.0 Å². The molecule has 0 radical (unpaired) electrons. The van der Waals surface area contributed by atoms with Crippen LogP contribution in [0.3, 0.4) is 0 Å². The summed E-state index contributed by atoms with van der Waals surface area (Å²) in [7, 11) is 3.62. The molecule has 1 aromatic carbocycles. The van der Waals surface area contributed by atoms with Crippen molar-refractivity contribution in [3.8, 4) is 6.07 Å². The van der Waals surface area contributed by atoms with Crippen molar-refractivity contribution in [3.05, 3.63) is 55.9 Å². The average molecular weight is 395 g/mol. The van der Waals surface area contributed by atoms with Gasteiger partial charge in [0.2, 0.25) is 0 Å². The highest BCUT2D eigenvalue weighted by Gasteiger charge is 2.10. The van der Waals surface area contributed by atoms with E-state index >= 15 is 0 Å². The molecule has 0 saturated heterocycles. The van der Waals surface area contributed by atoms with Gasteiger partial charge in [-0.3, -0.25) is 4.99 Å². The maximum Gasteiger partial charge on any atom is 0.193 e. The molecule has 0 atom stereocenters. The molecule has 0 unspecified atom stereocenters. The Balaban J connectivity index is 1.98. The number of nitrogens with zero attached hydrogens (tertiary/aromatic N) is 3. The van der Waals surface area contributed by atoms with E-state index in [1.54, 1.807) is 30.5 Å². The topological polar surface area (TPSA) is 51.4 Å². The van der Waals surface area contributed by atoms with Gasteiger partial charge in [-0.15, -0.1) is 11.3 Å². The molecule has 1 heterocycles. The van der Waals surface area contributed by atoms with Gasteiger partial charge in [0.25, 0.3) is 0 Å². The van der Waals surface area contributed by atoms with Crippen LogP contribution in [0.15, 0.2) is 39.1 Å². The molecule has 0 saturated carbocycles. The molecule has 0 bridgehead atoms. The van der Waals surface area contributed by atoms with Gasteiger partial charge in [-0.1, -0.05) is 6.07 Å². The highest BCUT2D eigenvalue weighted by atomic mass is 79.9. The predicted octanol–water partition coefficient (Wildman–Crippen LogP) is 3.73. The molecule has 2 aromatic rings. The predicted molar refractivity (Wildman–Crippen MR) is 94.8 cm³/mol. The molecular weight excluding hydrogens is 379 g/mol. The first-order chi connectivity index (χ1) is 11.0. The third kappa shape index (κ3) is 4.78. The van der Waals surface area contributed by atoms with Crippen molar-refractivity contribution in [2.24, 2.45) is 4.99 Å².